The van der Waals surface area contributed by atoms with Crippen molar-refractivity contribution in [1.82, 2.24) is 0 Å². The fraction of sp³-hybridized carbons (Fsp3) is 0.364. The third-order valence-corrected chi connectivity index (χ3v) is 2.11. The van der Waals surface area contributed by atoms with Crippen LogP contribution in [-0.2, 0) is 4.79 Å². The molecule has 0 aliphatic carbocycles. The van der Waals surface area contributed by atoms with Gasteiger partial charge < -0.3 is 10.5 Å². The number of ether oxygens (including phenoxy) is 1. The van der Waals surface area contributed by atoms with Crippen molar-refractivity contribution in [2.75, 3.05) is 0 Å². The number of nitrogens with two attached hydrogens (primary N) is 1. The first-order valence-electron chi connectivity index (χ1n) is 4.76. The summed E-state index contributed by atoms with van der Waals surface area (Å²) in [4.78, 5) is 10.9. The van der Waals surface area contributed by atoms with E-state index in [-0.39, 0.29) is 5.82 Å². The fourth-order valence-electron chi connectivity index (χ4n) is 1.15. The van der Waals surface area contributed by atoms with Crippen LogP contribution in [0.3, 0.4) is 0 Å². The average Bonchev–Trinajstić information content (AvgIpc) is 2.19. The molecule has 0 radical (unpaired) electrons. The van der Waals surface area contributed by atoms with E-state index < -0.39 is 12.0 Å². The summed E-state index contributed by atoms with van der Waals surface area (Å²) in [7, 11) is 0. The van der Waals surface area contributed by atoms with Crippen LogP contribution in [0.5, 0.6) is 5.75 Å². The van der Waals surface area contributed by atoms with E-state index in [9.17, 15) is 9.18 Å². The number of benzene rings is 1. The molecule has 1 rings (SSSR count). The molecule has 0 aliphatic rings. The van der Waals surface area contributed by atoms with Gasteiger partial charge in [0.05, 0.1) is 0 Å². The summed E-state index contributed by atoms with van der Waals surface area (Å²) < 4.78 is 18.4. The molecule has 0 fully saturated rings. The first-order valence-corrected chi connectivity index (χ1v) is 4.76. The van der Waals surface area contributed by atoms with E-state index in [1.54, 1.807) is 26.0 Å². The van der Waals surface area contributed by atoms with E-state index in [1.165, 1.54) is 6.07 Å². The van der Waals surface area contributed by atoms with Crippen molar-refractivity contribution in [3.05, 3.63) is 29.6 Å². The summed E-state index contributed by atoms with van der Waals surface area (Å²) in [6, 6.07) is 4.46. The second-order valence-electron chi connectivity index (χ2n) is 3.33. The van der Waals surface area contributed by atoms with Crippen molar-refractivity contribution < 1.29 is 13.9 Å². The van der Waals surface area contributed by atoms with E-state index in [2.05, 4.69) is 0 Å². The predicted octanol–water partition coefficient (Wildman–Crippen LogP) is 1.78. The number of halogens is 1. The molecule has 0 aliphatic heterocycles. The maximum atomic E-state index is 13.1. The van der Waals surface area contributed by atoms with Crippen LogP contribution in [0.25, 0.3) is 0 Å². The second-order valence-corrected chi connectivity index (χ2v) is 3.33. The van der Waals surface area contributed by atoms with Crippen LogP contribution in [-0.4, -0.2) is 12.0 Å². The molecular formula is C11H14FNO2. The van der Waals surface area contributed by atoms with Gasteiger partial charge in [0, 0.05) is 6.07 Å². The van der Waals surface area contributed by atoms with Crippen LogP contribution in [0, 0.1) is 12.7 Å². The van der Waals surface area contributed by atoms with Gasteiger partial charge in [0.1, 0.15) is 11.6 Å². The molecule has 3 nitrogen and oxygen atoms in total. The van der Waals surface area contributed by atoms with Crippen LogP contribution < -0.4 is 10.5 Å². The highest BCUT2D eigenvalue weighted by Crippen LogP contribution is 2.17. The number of primary amides is 1. The van der Waals surface area contributed by atoms with Crippen molar-refractivity contribution in [2.45, 2.75) is 26.4 Å². The van der Waals surface area contributed by atoms with Crippen LogP contribution in [0.15, 0.2) is 18.2 Å². The van der Waals surface area contributed by atoms with Gasteiger partial charge in [-0.25, -0.2) is 4.39 Å². The molecular weight excluding hydrogens is 197 g/mol. The van der Waals surface area contributed by atoms with Crippen molar-refractivity contribution in [1.29, 1.82) is 0 Å². The van der Waals surface area contributed by atoms with Gasteiger partial charge >= 0.3 is 0 Å². The summed E-state index contributed by atoms with van der Waals surface area (Å²) in [5.74, 6) is -0.575. The van der Waals surface area contributed by atoms with Gasteiger partial charge in [-0.05, 0) is 25.0 Å². The molecule has 2 N–H and O–H groups in total. The lowest BCUT2D eigenvalue weighted by molar-refractivity contribution is -0.124. The van der Waals surface area contributed by atoms with Crippen molar-refractivity contribution in [2.24, 2.45) is 5.73 Å². The summed E-state index contributed by atoms with van der Waals surface area (Å²) in [6.45, 7) is 3.43. The fourth-order valence-corrected chi connectivity index (χ4v) is 1.15. The smallest absolute Gasteiger partial charge is 0.258 e. The molecule has 0 saturated carbocycles. The zero-order valence-electron chi connectivity index (χ0n) is 8.79. The number of rotatable bonds is 4. The average molecular weight is 211 g/mol. The predicted molar refractivity (Wildman–Crippen MR) is 55.0 cm³/mol. The van der Waals surface area contributed by atoms with E-state index in [0.717, 1.165) is 0 Å². The molecule has 0 bridgehead atoms. The number of hydrogen-bond acceptors (Lipinski definition) is 2. The molecule has 0 heterocycles. The Hall–Kier alpha value is -1.58. The Bertz CT molecular complexity index is 366. The summed E-state index contributed by atoms with van der Waals surface area (Å²) in [6.07, 6.45) is -0.239. The highest BCUT2D eigenvalue weighted by molar-refractivity contribution is 5.79. The largest absolute Gasteiger partial charge is 0.481 e. The van der Waals surface area contributed by atoms with Crippen LogP contribution in [0.2, 0.25) is 0 Å². The highest BCUT2D eigenvalue weighted by Gasteiger charge is 2.14. The molecule has 4 heteroatoms. The van der Waals surface area contributed by atoms with Gasteiger partial charge in [0.25, 0.3) is 5.91 Å². The normalized spacial score (nSPS) is 12.2. The lowest BCUT2D eigenvalue weighted by atomic mass is 10.2. The third kappa shape index (κ3) is 2.94. The monoisotopic (exact) mass is 211 g/mol. The van der Waals surface area contributed by atoms with Gasteiger partial charge in [-0.2, -0.15) is 0 Å². The van der Waals surface area contributed by atoms with E-state index in [0.29, 0.717) is 17.7 Å². The zero-order chi connectivity index (χ0) is 11.4. The first kappa shape index (κ1) is 11.5. The lowest BCUT2D eigenvalue weighted by Crippen LogP contribution is -2.32. The van der Waals surface area contributed by atoms with E-state index in [1.807, 2.05) is 0 Å². The van der Waals surface area contributed by atoms with Gasteiger partial charge in [-0.15, -0.1) is 0 Å². The quantitative estimate of drug-likeness (QED) is 0.825. The Balaban J connectivity index is 2.80. The molecule has 0 saturated heterocycles. The molecule has 0 spiro atoms. The van der Waals surface area contributed by atoms with E-state index in [4.69, 9.17) is 10.5 Å². The molecule has 1 atom stereocenters. The molecule has 1 amide bonds. The Morgan fingerprint density at radius 3 is 2.73 bits per heavy atom. The second kappa shape index (κ2) is 4.77. The standard InChI is InChI=1S/C11H14FNO2/c1-3-10(11(13)14)15-8-5-4-7(2)9(12)6-8/h4-6,10H,3H2,1-2H3,(H2,13,14)/t10-/m0/s1. The highest BCUT2D eigenvalue weighted by atomic mass is 19.1. The minimum Gasteiger partial charge on any atom is -0.481 e. The SMILES string of the molecule is CC[C@H](Oc1ccc(C)c(F)c1)C(N)=O. The van der Waals surface area contributed by atoms with Crippen molar-refractivity contribution in [3.63, 3.8) is 0 Å². The van der Waals surface area contributed by atoms with Gasteiger partial charge in [0.15, 0.2) is 6.10 Å². The molecule has 0 aromatic heterocycles. The number of carbonyl (C=O) groups is 1. The number of amides is 1. The maximum absolute atomic E-state index is 13.1. The Morgan fingerprint density at radius 1 is 1.60 bits per heavy atom. The van der Waals surface area contributed by atoms with Crippen LogP contribution >= 0.6 is 0 Å². The van der Waals surface area contributed by atoms with Crippen molar-refractivity contribution >= 4 is 5.91 Å². The molecule has 82 valence electrons. The van der Waals surface area contributed by atoms with Gasteiger partial charge in [0.2, 0.25) is 0 Å². The van der Waals surface area contributed by atoms with E-state index >= 15 is 0 Å². The van der Waals surface area contributed by atoms with Crippen LogP contribution in [0.1, 0.15) is 18.9 Å². The molecule has 15 heavy (non-hydrogen) atoms. The van der Waals surface area contributed by atoms with Gasteiger partial charge in [-0.3, -0.25) is 4.79 Å². The summed E-state index contributed by atoms with van der Waals surface area (Å²) in [5, 5.41) is 0. The van der Waals surface area contributed by atoms with Crippen molar-refractivity contribution in [3.8, 4) is 5.75 Å². The zero-order valence-corrected chi connectivity index (χ0v) is 8.79. The number of hydrogen-bond donors (Lipinski definition) is 1. The number of carbonyl (C=O) groups excluding carboxylic acids is 1. The third-order valence-electron chi connectivity index (χ3n) is 2.11. The minimum atomic E-state index is -0.702. The van der Waals surface area contributed by atoms with Crippen LogP contribution in [0.4, 0.5) is 4.39 Å². The first-order chi connectivity index (χ1) is 7.04. The Morgan fingerprint density at radius 2 is 2.27 bits per heavy atom. The minimum absolute atomic E-state index is 0.323. The number of aryl methyl sites for hydroxylation is 1. The molecule has 1 aromatic carbocycles. The maximum Gasteiger partial charge on any atom is 0.258 e. The molecule has 0 unspecified atom stereocenters. The molecule has 1 aromatic rings. The lowest BCUT2D eigenvalue weighted by Gasteiger charge is -2.14. The topological polar surface area (TPSA) is 52.3 Å². The summed E-state index contributed by atoms with van der Waals surface area (Å²) in [5.41, 5.74) is 5.64. The Labute approximate surface area is 88.0 Å². The van der Waals surface area contributed by atoms with Gasteiger partial charge in [-0.1, -0.05) is 13.0 Å². The Kier molecular flexibility index (Phi) is 3.66. The summed E-state index contributed by atoms with van der Waals surface area (Å²) >= 11 is 0.